The first-order chi connectivity index (χ1) is 16.6. The van der Waals surface area contributed by atoms with E-state index >= 15 is 0 Å². The minimum Gasteiger partial charge on any atom is -0.507 e. The fraction of sp³-hybridized carbons (Fsp3) is 0.0741. The van der Waals surface area contributed by atoms with Crippen LogP contribution in [0.1, 0.15) is 15.9 Å². The van der Waals surface area contributed by atoms with E-state index in [4.69, 9.17) is 4.74 Å². The number of pyridine rings is 1. The molecule has 0 unspecified atom stereocenters. The molecule has 3 aromatic carbocycles. The van der Waals surface area contributed by atoms with Crippen LogP contribution in [0, 0.1) is 0 Å². The molecular formula is C27H22N4O3. The van der Waals surface area contributed by atoms with Crippen LogP contribution < -0.4 is 10.1 Å². The maximum atomic E-state index is 12.6. The highest BCUT2D eigenvalue weighted by Crippen LogP contribution is 2.35. The molecule has 0 aliphatic carbocycles. The second-order valence-corrected chi connectivity index (χ2v) is 7.78. The van der Waals surface area contributed by atoms with Gasteiger partial charge in [-0.3, -0.25) is 4.79 Å². The largest absolute Gasteiger partial charge is 0.507 e. The zero-order valence-corrected chi connectivity index (χ0v) is 18.4. The summed E-state index contributed by atoms with van der Waals surface area (Å²) in [6.07, 6.45) is 1.66. The van der Waals surface area contributed by atoms with Gasteiger partial charge >= 0.3 is 0 Å². The zero-order chi connectivity index (χ0) is 23.5. The van der Waals surface area contributed by atoms with E-state index in [1.54, 1.807) is 37.6 Å². The van der Waals surface area contributed by atoms with Crippen molar-refractivity contribution in [2.45, 2.75) is 6.54 Å². The average Bonchev–Trinajstić information content (AvgIpc) is 3.31. The SMILES string of the molecule is COc1ncccc1-c1ccc(O)c(-c2nc3cc(C(=O)NCc4ccccc4)ccc3[nH]2)c1. The molecule has 5 rings (SSSR count). The number of aromatic nitrogens is 3. The summed E-state index contributed by atoms with van der Waals surface area (Å²) in [6, 6.07) is 24.0. The Hall–Kier alpha value is -4.65. The van der Waals surface area contributed by atoms with Crippen LogP contribution in [0.25, 0.3) is 33.5 Å². The highest BCUT2D eigenvalue weighted by molar-refractivity contribution is 5.97. The summed E-state index contributed by atoms with van der Waals surface area (Å²) in [4.78, 5) is 24.8. The summed E-state index contributed by atoms with van der Waals surface area (Å²) in [5.41, 5.74) is 5.11. The molecule has 0 aliphatic heterocycles. The molecule has 3 N–H and O–H groups in total. The van der Waals surface area contributed by atoms with Crippen LogP contribution in [0.5, 0.6) is 11.6 Å². The topological polar surface area (TPSA) is 100 Å². The van der Waals surface area contributed by atoms with Gasteiger partial charge < -0.3 is 20.1 Å². The molecule has 0 spiro atoms. The quantitative estimate of drug-likeness (QED) is 0.340. The van der Waals surface area contributed by atoms with Crippen LogP contribution >= 0.6 is 0 Å². The molecule has 1 amide bonds. The zero-order valence-electron chi connectivity index (χ0n) is 18.4. The van der Waals surface area contributed by atoms with Crippen molar-refractivity contribution in [2.24, 2.45) is 0 Å². The number of aromatic hydroxyl groups is 1. The van der Waals surface area contributed by atoms with Crippen molar-refractivity contribution in [2.75, 3.05) is 7.11 Å². The van der Waals surface area contributed by atoms with E-state index in [9.17, 15) is 9.90 Å². The summed E-state index contributed by atoms with van der Waals surface area (Å²) < 4.78 is 5.37. The molecule has 0 bridgehead atoms. The van der Waals surface area contributed by atoms with E-state index in [1.807, 2.05) is 54.6 Å². The van der Waals surface area contributed by atoms with E-state index < -0.39 is 0 Å². The lowest BCUT2D eigenvalue weighted by molar-refractivity contribution is 0.0951. The van der Waals surface area contributed by atoms with Crippen molar-refractivity contribution >= 4 is 16.9 Å². The Kier molecular flexibility index (Phi) is 5.66. The number of rotatable bonds is 6. The molecule has 0 saturated carbocycles. The smallest absolute Gasteiger partial charge is 0.251 e. The van der Waals surface area contributed by atoms with Gasteiger partial charge in [0.1, 0.15) is 11.6 Å². The van der Waals surface area contributed by atoms with Gasteiger partial charge in [0.05, 0.1) is 23.7 Å². The van der Waals surface area contributed by atoms with Crippen LogP contribution in [-0.2, 0) is 6.54 Å². The normalized spacial score (nSPS) is 10.9. The van der Waals surface area contributed by atoms with Gasteiger partial charge in [0, 0.05) is 23.9 Å². The van der Waals surface area contributed by atoms with Crippen molar-refractivity contribution in [3.8, 4) is 34.1 Å². The molecule has 0 aliphatic rings. The maximum Gasteiger partial charge on any atom is 0.251 e. The Morgan fingerprint density at radius 1 is 1.00 bits per heavy atom. The fourth-order valence-electron chi connectivity index (χ4n) is 3.82. The van der Waals surface area contributed by atoms with Gasteiger partial charge in [-0.2, -0.15) is 0 Å². The van der Waals surface area contributed by atoms with E-state index in [1.165, 1.54) is 0 Å². The lowest BCUT2D eigenvalue weighted by Gasteiger charge is -2.09. The average molecular weight is 450 g/mol. The summed E-state index contributed by atoms with van der Waals surface area (Å²) in [5, 5.41) is 13.5. The molecule has 34 heavy (non-hydrogen) atoms. The number of carbonyl (C=O) groups excluding carboxylic acids is 1. The monoisotopic (exact) mass is 450 g/mol. The molecular weight excluding hydrogens is 428 g/mol. The predicted octanol–water partition coefficient (Wildman–Crippen LogP) is 4.94. The number of methoxy groups -OCH3 is 1. The molecule has 0 saturated heterocycles. The first-order valence-corrected chi connectivity index (χ1v) is 10.8. The maximum absolute atomic E-state index is 12.6. The minimum atomic E-state index is -0.177. The Morgan fingerprint density at radius 3 is 2.68 bits per heavy atom. The summed E-state index contributed by atoms with van der Waals surface area (Å²) in [6.45, 7) is 0.446. The Morgan fingerprint density at radius 2 is 1.85 bits per heavy atom. The molecule has 2 heterocycles. The Bertz CT molecular complexity index is 1480. The van der Waals surface area contributed by atoms with Crippen LogP contribution in [0.2, 0.25) is 0 Å². The number of amides is 1. The number of nitrogens with zero attached hydrogens (tertiary/aromatic N) is 2. The van der Waals surface area contributed by atoms with Crippen molar-refractivity contribution < 1.29 is 14.6 Å². The summed E-state index contributed by atoms with van der Waals surface area (Å²) in [7, 11) is 1.57. The third-order valence-electron chi connectivity index (χ3n) is 5.57. The van der Waals surface area contributed by atoms with Crippen LogP contribution in [0.3, 0.4) is 0 Å². The second-order valence-electron chi connectivity index (χ2n) is 7.78. The number of carbonyl (C=O) groups is 1. The number of aromatic amines is 1. The summed E-state index contributed by atoms with van der Waals surface area (Å²) in [5.74, 6) is 0.907. The third-order valence-corrected chi connectivity index (χ3v) is 5.57. The number of H-pyrrole nitrogens is 1. The number of nitrogens with one attached hydrogen (secondary N) is 2. The van der Waals surface area contributed by atoms with E-state index in [0.717, 1.165) is 22.2 Å². The Labute approximate surface area is 196 Å². The van der Waals surface area contributed by atoms with Gasteiger partial charge in [0.15, 0.2) is 0 Å². The van der Waals surface area contributed by atoms with Crippen molar-refractivity contribution in [1.29, 1.82) is 0 Å². The van der Waals surface area contributed by atoms with Gasteiger partial charge in [-0.15, -0.1) is 0 Å². The number of phenolic OH excluding ortho intramolecular Hbond substituents is 1. The highest BCUT2D eigenvalue weighted by Gasteiger charge is 2.15. The molecule has 7 nitrogen and oxygen atoms in total. The standard InChI is InChI=1S/C27H22N4O3/c1-34-27-20(8-5-13-28-27)18-10-12-24(32)21(14-18)25-30-22-11-9-19(15-23(22)31-25)26(33)29-16-17-6-3-2-4-7-17/h2-15,32H,16H2,1H3,(H,29,33)(H,30,31). The van der Waals surface area contributed by atoms with Gasteiger partial charge in [0.25, 0.3) is 5.91 Å². The molecule has 168 valence electrons. The van der Waals surface area contributed by atoms with Crippen molar-refractivity contribution in [3.05, 3.63) is 96.2 Å². The van der Waals surface area contributed by atoms with E-state index in [2.05, 4.69) is 20.3 Å². The molecule has 5 aromatic rings. The van der Waals surface area contributed by atoms with Crippen molar-refractivity contribution in [3.63, 3.8) is 0 Å². The number of ether oxygens (including phenoxy) is 1. The predicted molar refractivity (Wildman–Crippen MR) is 131 cm³/mol. The first kappa shape index (κ1) is 21.2. The molecule has 0 fully saturated rings. The summed E-state index contributed by atoms with van der Waals surface area (Å²) >= 11 is 0. The minimum absolute atomic E-state index is 0.0893. The first-order valence-electron chi connectivity index (χ1n) is 10.8. The molecule has 0 atom stereocenters. The van der Waals surface area contributed by atoms with E-state index in [-0.39, 0.29) is 11.7 Å². The molecule has 7 heteroatoms. The fourth-order valence-corrected chi connectivity index (χ4v) is 3.82. The number of hydrogen-bond acceptors (Lipinski definition) is 5. The lowest BCUT2D eigenvalue weighted by Crippen LogP contribution is -2.22. The van der Waals surface area contributed by atoms with Crippen LogP contribution in [0.15, 0.2) is 85.1 Å². The number of hydrogen-bond donors (Lipinski definition) is 3. The highest BCUT2D eigenvalue weighted by atomic mass is 16.5. The van der Waals surface area contributed by atoms with Gasteiger partial charge in [-0.05, 0) is 53.6 Å². The Balaban J connectivity index is 1.44. The number of phenols is 1. The van der Waals surface area contributed by atoms with Gasteiger partial charge in [-0.1, -0.05) is 36.4 Å². The number of fused-ring (bicyclic) bond motifs is 1. The molecule has 0 radical (unpaired) electrons. The van der Waals surface area contributed by atoms with Crippen LogP contribution in [-0.4, -0.2) is 33.1 Å². The van der Waals surface area contributed by atoms with E-state index in [0.29, 0.717) is 34.9 Å². The second kappa shape index (κ2) is 9.07. The third kappa shape index (κ3) is 4.19. The van der Waals surface area contributed by atoms with Gasteiger partial charge in [0.2, 0.25) is 5.88 Å². The van der Waals surface area contributed by atoms with Crippen molar-refractivity contribution in [1.82, 2.24) is 20.3 Å². The van der Waals surface area contributed by atoms with Crippen LogP contribution in [0.4, 0.5) is 0 Å². The molecule has 2 aromatic heterocycles. The lowest BCUT2D eigenvalue weighted by atomic mass is 10.0. The number of benzene rings is 3. The number of imidazole rings is 1. The van der Waals surface area contributed by atoms with Gasteiger partial charge in [-0.25, -0.2) is 9.97 Å².